The van der Waals surface area contributed by atoms with Crippen molar-refractivity contribution in [1.82, 2.24) is 19.9 Å². The zero-order valence-electron chi connectivity index (χ0n) is 17.4. The van der Waals surface area contributed by atoms with E-state index in [1.807, 2.05) is 0 Å². The molecule has 2 aromatic carbocycles. The molecular weight excluding hydrogens is 430 g/mol. The summed E-state index contributed by atoms with van der Waals surface area (Å²) in [6.45, 7) is 1.93. The van der Waals surface area contributed by atoms with Crippen LogP contribution in [0.15, 0.2) is 42.5 Å². The van der Waals surface area contributed by atoms with E-state index in [9.17, 15) is 22.4 Å². The molecule has 0 unspecified atom stereocenters. The Morgan fingerprint density at radius 2 is 1.84 bits per heavy atom. The molecule has 168 valence electrons. The molecule has 1 aromatic heterocycles. The Morgan fingerprint density at radius 1 is 1.09 bits per heavy atom. The lowest BCUT2D eigenvalue weighted by atomic mass is 10.1. The van der Waals surface area contributed by atoms with Gasteiger partial charge < -0.3 is 15.0 Å². The number of halogens is 4. The first-order valence-electron chi connectivity index (χ1n) is 9.43. The fraction of sp³-hybridized carbons (Fsp3) is 0.238. The van der Waals surface area contributed by atoms with Gasteiger partial charge in [-0.2, -0.15) is 28.1 Å². The van der Waals surface area contributed by atoms with E-state index >= 15 is 0 Å². The number of alkyl halides is 3. The Kier molecular flexibility index (Phi) is 6.56. The number of hydrogen-bond acceptors (Lipinski definition) is 6. The molecule has 32 heavy (non-hydrogen) atoms. The van der Waals surface area contributed by atoms with Crippen molar-refractivity contribution in [1.29, 1.82) is 0 Å². The molecule has 0 bridgehead atoms. The fourth-order valence-corrected chi connectivity index (χ4v) is 2.71. The van der Waals surface area contributed by atoms with Crippen molar-refractivity contribution in [2.45, 2.75) is 13.1 Å². The van der Waals surface area contributed by atoms with Crippen molar-refractivity contribution in [3.05, 3.63) is 59.4 Å². The highest BCUT2D eigenvalue weighted by Gasteiger charge is 2.30. The Hall–Kier alpha value is -3.76. The third-order valence-electron chi connectivity index (χ3n) is 4.20. The van der Waals surface area contributed by atoms with Crippen LogP contribution in [-0.2, 0) is 6.18 Å². The van der Waals surface area contributed by atoms with Crippen LogP contribution in [0, 0.1) is 5.82 Å². The van der Waals surface area contributed by atoms with Crippen LogP contribution < -0.4 is 10.1 Å². The van der Waals surface area contributed by atoms with Gasteiger partial charge in [0.05, 0.1) is 17.7 Å². The third kappa shape index (κ3) is 5.29. The lowest BCUT2D eigenvalue weighted by molar-refractivity contribution is -0.137. The van der Waals surface area contributed by atoms with Gasteiger partial charge in [-0.15, -0.1) is 0 Å². The standard InChI is InChI=1S/C21H19F4N5O2/c1-4-32-20-28-17(12-8-9-16(22)15(10-12)18(31)30(2)3)27-19(29-20)26-14-7-5-6-13(11-14)21(23,24)25/h5-11H,4H2,1-3H3,(H,26,27,28,29). The van der Waals surface area contributed by atoms with Gasteiger partial charge in [0, 0.05) is 25.3 Å². The number of hydrogen-bond donors (Lipinski definition) is 1. The van der Waals surface area contributed by atoms with Crippen LogP contribution in [0.3, 0.4) is 0 Å². The number of amides is 1. The van der Waals surface area contributed by atoms with E-state index in [2.05, 4.69) is 20.3 Å². The Labute approximate surface area is 181 Å². The molecule has 1 heterocycles. The van der Waals surface area contributed by atoms with Gasteiger partial charge in [-0.1, -0.05) is 6.07 Å². The Bertz CT molecular complexity index is 1140. The molecule has 3 rings (SSSR count). The number of carbonyl (C=O) groups is 1. The van der Waals surface area contributed by atoms with Crippen LogP contribution in [0.4, 0.5) is 29.2 Å². The Morgan fingerprint density at radius 3 is 2.50 bits per heavy atom. The molecule has 0 atom stereocenters. The molecule has 0 aliphatic heterocycles. The number of aromatic nitrogens is 3. The molecule has 0 spiro atoms. The van der Waals surface area contributed by atoms with E-state index < -0.39 is 23.5 Å². The number of carbonyl (C=O) groups excluding carboxylic acids is 1. The monoisotopic (exact) mass is 449 g/mol. The maximum atomic E-state index is 14.2. The number of rotatable bonds is 6. The van der Waals surface area contributed by atoms with Gasteiger partial charge in [-0.25, -0.2) is 4.39 Å². The van der Waals surface area contributed by atoms with Gasteiger partial charge in [0.25, 0.3) is 5.91 Å². The van der Waals surface area contributed by atoms with Crippen molar-refractivity contribution in [3.8, 4) is 17.4 Å². The molecule has 0 fully saturated rings. The van der Waals surface area contributed by atoms with E-state index in [1.165, 1.54) is 43.3 Å². The number of ether oxygens (including phenoxy) is 1. The van der Waals surface area contributed by atoms with Gasteiger partial charge >= 0.3 is 12.2 Å². The van der Waals surface area contributed by atoms with Crippen LogP contribution in [0.2, 0.25) is 0 Å². The van der Waals surface area contributed by atoms with Gasteiger partial charge in [-0.05, 0) is 43.3 Å². The second-order valence-corrected chi connectivity index (χ2v) is 6.80. The fourth-order valence-electron chi connectivity index (χ4n) is 2.71. The SMILES string of the molecule is CCOc1nc(Nc2cccc(C(F)(F)F)c2)nc(-c2ccc(F)c(C(=O)N(C)C)c2)n1. The minimum atomic E-state index is -4.51. The normalized spacial score (nSPS) is 11.2. The van der Waals surface area contributed by atoms with Gasteiger partial charge in [0.1, 0.15) is 5.82 Å². The van der Waals surface area contributed by atoms with Gasteiger partial charge in [0.15, 0.2) is 5.82 Å². The van der Waals surface area contributed by atoms with E-state index in [-0.39, 0.29) is 35.6 Å². The molecule has 0 aliphatic carbocycles. The number of nitrogens with zero attached hydrogens (tertiary/aromatic N) is 4. The number of anilines is 2. The summed E-state index contributed by atoms with van der Waals surface area (Å²) in [6.07, 6.45) is -4.51. The van der Waals surface area contributed by atoms with Crippen LogP contribution >= 0.6 is 0 Å². The molecule has 0 saturated carbocycles. The molecule has 1 N–H and O–H groups in total. The summed E-state index contributed by atoms with van der Waals surface area (Å²) in [7, 11) is 2.98. The number of benzene rings is 2. The highest BCUT2D eigenvalue weighted by Crippen LogP contribution is 2.31. The predicted molar refractivity (Wildman–Crippen MR) is 109 cm³/mol. The Balaban J connectivity index is 2.02. The first-order chi connectivity index (χ1) is 15.1. The summed E-state index contributed by atoms with van der Waals surface area (Å²) < 4.78 is 58.5. The molecule has 3 aromatic rings. The van der Waals surface area contributed by atoms with Crippen LogP contribution in [-0.4, -0.2) is 46.5 Å². The maximum absolute atomic E-state index is 14.2. The zero-order chi connectivity index (χ0) is 23.5. The summed E-state index contributed by atoms with van der Waals surface area (Å²) in [6, 6.07) is 8.21. The first-order valence-corrected chi connectivity index (χ1v) is 9.43. The van der Waals surface area contributed by atoms with Crippen molar-refractivity contribution in [3.63, 3.8) is 0 Å². The smallest absolute Gasteiger partial charge is 0.416 e. The van der Waals surface area contributed by atoms with E-state index in [0.29, 0.717) is 5.56 Å². The summed E-state index contributed by atoms with van der Waals surface area (Å²) >= 11 is 0. The second kappa shape index (κ2) is 9.16. The summed E-state index contributed by atoms with van der Waals surface area (Å²) in [5, 5.41) is 2.70. The molecular formula is C21H19F4N5O2. The molecule has 11 heteroatoms. The van der Waals surface area contributed by atoms with Gasteiger partial charge in [0.2, 0.25) is 5.95 Å². The van der Waals surface area contributed by atoms with Crippen molar-refractivity contribution in [2.24, 2.45) is 0 Å². The molecule has 0 saturated heterocycles. The molecule has 1 amide bonds. The summed E-state index contributed by atoms with van der Waals surface area (Å²) in [5.41, 5.74) is -0.625. The van der Waals surface area contributed by atoms with E-state index in [4.69, 9.17) is 4.74 Å². The highest BCUT2D eigenvalue weighted by atomic mass is 19.4. The van der Waals surface area contributed by atoms with Crippen LogP contribution in [0.5, 0.6) is 6.01 Å². The van der Waals surface area contributed by atoms with E-state index in [1.54, 1.807) is 6.92 Å². The number of nitrogens with one attached hydrogen (secondary N) is 1. The summed E-state index contributed by atoms with van der Waals surface area (Å²) in [5.74, 6) is -1.30. The van der Waals surface area contributed by atoms with Crippen molar-refractivity contribution >= 4 is 17.5 Å². The maximum Gasteiger partial charge on any atom is 0.416 e. The lowest BCUT2D eigenvalue weighted by Gasteiger charge is -2.13. The molecule has 7 nitrogen and oxygen atoms in total. The van der Waals surface area contributed by atoms with Crippen molar-refractivity contribution in [2.75, 3.05) is 26.0 Å². The highest BCUT2D eigenvalue weighted by molar-refractivity contribution is 5.95. The third-order valence-corrected chi connectivity index (χ3v) is 4.20. The first kappa shape index (κ1) is 22.9. The van der Waals surface area contributed by atoms with Crippen LogP contribution in [0.1, 0.15) is 22.8 Å². The van der Waals surface area contributed by atoms with Crippen LogP contribution in [0.25, 0.3) is 11.4 Å². The largest absolute Gasteiger partial charge is 0.464 e. The minimum Gasteiger partial charge on any atom is -0.464 e. The summed E-state index contributed by atoms with van der Waals surface area (Å²) in [4.78, 5) is 25.9. The topological polar surface area (TPSA) is 80.2 Å². The molecule has 0 radical (unpaired) electrons. The average molecular weight is 449 g/mol. The minimum absolute atomic E-state index is 0.0470. The lowest BCUT2D eigenvalue weighted by Crippen LogP contribution is -2.22. The predicted octanol–water partition coefficient (Wildman–Crippen LogP) is 4.54. The van der Waals surface area contributed by atoms with Gasteiger partial charge in [-0.3, -0.25) is 4.79 Å². The van der Waals surface area contributed by atoms with Crippen molar-refractivity contribution < 1.29 is 27.1 Å². The molecule has 0 aliphatic rings. The quantitative estimate of drug-likeness (QED) is 0.557. The zero-order valence-corrected chi connectivity index (χ0v) is 17.4. The second-order valence-electron chi connectivity index (χ2n) is 6.80. The van der Waals surface area contributed by atoms with E-state index in [0.717, 1.165) is 18.2 Å². The average Bonchev–Trinajstić information content (AvgIpc) is 2.73.